The van der Waals surface area contributed by atoms with Gasteiger partial charge in [0, 0.05) is 18.2 Å². The molecule has 0 aliphatic carbocycles. The summed E-state index contributed by atoms with van der Waals surface area (Å²) in [5, 5.41) is 6.17. The third kappa shape index (κ3) is 3.90. The van der Waals surface area contributed by atoms with Gasteiger partial charge in [-0.25, -0.2) is 0 Å². The van der Waals surface area contributed by atoms with E-state index in [9.17, 15) is 4.79 Å². The second-order valence-electron chi connectivity index (χ2n) is 4.11. The summed E-state index contributed by atoms with van der Waals surface area (Å²) in [5.74, 6) is 1.87. The minimum atomic E-state index is -0.0196. The van der Waals surface area contributed by atoms with Crippen LogP contribution in [0.25, 0.3) is 0 Å². The van der Waals surface area contributed by atoms with Crippen LogP contribution in [0.5, 0.6) is 0 Å². The molecule has 0 saturated carbocycles. The largest absolute Gasteiger partial charge is 0.351 e. The van der Waals surface area contributed by atoms with E-state index in [4.69, 9.17) is 0 Å². The Bertz CT molecular complexity index is 394. The number of thioether (sulfide) groups is 1. The van der Waals surface area contributed by atoms with Crippen LogP contribution in [0.4, 0.5) is 0 Å². The van der Waals surface area contributed by atoms with Crippen LogP contribution in [0.3, 0.4) is 0 Å². The minimum absolute atomic E-state index is 0. The summed E-state index contributed by atoms with van der Waals surface area (Å²) >= 11 is 1.77. The lowest BCUT2D eigenvalue weighted by Crippen LogP contribution is -2.41. The average Bonchev–Trinajstić information content (AvgIpc) is 2.90. The molecule has 3 nitrogen and oxygen atoms in total. The highest BCUT2D eigenvalue weighted by molar-refractivity contribution is 7.99. The van der Waals surface area contributed by atoms with Crippen LogP contribution < -0.4 is 10.6 Å². The molecule has 0 bridgehead atoms. The number of rotatable bonds is 4. The number of halogens is 1. The zero-order valence-corrected chi connectivity index (χ0v) is 12.1. The monoisotopic (exact) mass is 286 g/mol. The van der Waals surface area contributed by atoms with E-state index in [0.717, 1.165) is 18.1 Å². The van der Waals surface area contributed by atoms with Crippen LogP contribution in [0.2, 0.25) is 0 Å². The van der Waals surface area contributed by atoms with E-state index in [2.05, 4.69) is 29.7 Å². The molecule has 1 aliphatic heterocycles. The number of hydrogen-bond acceptors (Lipinski definition) is 3. The minimum Gasteiger partial charge on any atom is -0.351 e. The quantitative estimate of drug-likeness (QED) is 0.889. The first-order valence-electron chi connectivity index (χ1n) is 5.97. The topological polar surface area (TPSA) is 41.1 Å². The predicted molar refractivity (Wildman–Crippen MR) is 79.2 cm³/mol. The van der Waals surface area contributed by atoms with E-state index in [0.29, 0.717) is 6.54 Å². The molecule has 0 spiro atoms. The second kappa shape index (κ2) is 7.67. The molecule has 1 aromatic carbocycles. The maximum absolute atomic E-state index is 11.8. The maximum atomic E-state index is 11.8. The van der Waals surface area contributed by atoms with Gasteiger partial charge in [-0.1, -0.05) is 31.2 Å². The summed E-state index contributed by atoms with van der Waals surface area (Å²) in [6.45, 7) is 2.77. The Morgan fingerprint density at radius 2 is 2.17 bits per heavy atom. The number of benzene rings is 1. The van der Waals surface area contributed by atoms with Gasteiger partial charge in [0.05, 0.1) is 6.04 Å². The molecule has 18 heavy (non-hydrogen) atoms. The zero-order chi connectivity index (χ0) is 12.1. The molecule has 1 amide bonds. The molecule has 100 valence electrons. The van der Waals surface area contributed by atoms with Crippen molar-refractivity contribution in [2.75, 3.05) is 11.6 Å². The smallest absolute Gasteiger partial charge is 0.238 e. The van der Waals surface area contributed by atoms with E-state index < -0.39 is 0 Å². The SMILES string of the molecule is CCc1ccccc1CNC(=O)C1CSCN1.Cl. The number of amides is 1. The normalized spacial score (nSPS) is 18.2. The fraction of sp³-hybridized carbons (Fsp3) is 0.462. The first-order valence-corrected chi connectivity index (χ1v) is 7.12. The van der Waals surface area contributed by atoms with Crippen LogP contribution in [-0.4, -0.2) is 23.6 Å². The molecule has 0 aromatic heterocycles. The highest BCUT2D eigenvalue weighted by Gasteiger charge is 2.21. The van der Waals surface area contributed by atoms with Gasteiger partial charge in [0.1, 0.15) is 0 Å². The lowest BCUT2D eigenvalue weighted by atomic mass is 10.1. The number of aryl methyl sites for hydroxylation is 1. The van der Waals surface area contributed by atoms with E-state index in [1.165, 1.54) is 11.1 Å². The number of nitrogens with one attached hydrogen (secondary N) is 2. The molecule has 2 N–H and O–H groups in total. The Labute approximate surface area is 119 Å². The van der Waals surface area contributed by atoms with E-state index in [1.54, 1.807) is 11.8 Å². The van der Waals surface area contributed by atoms with Crippen molar-refractivity contribution in [2.24, 2.45) is 0 Å². The Balaban J connectivity index is 0.00000162. The van der Waals surface area contributed by atoms with Gasteiger partial charge in [-0.05, 0) is 17.5 Å². The second-order valence-corrected chi connectivity index (χ2v) is 5.14. The van der Waals surface area contributed by atoms with Gasteiger partial charge in [-0.15, -0.1) is 24.2 Å². The van der Waals surface area contributed by atoms with Crippen LogP contribution >= 0.6 is 24.2 Å². The summed E-state index contributed by atoms with van der Waals surface area (Å²) in [6, 6.07) is 8.24. The molecular formula is C13H19ClN2OS. The average molecular weight is 287 g/mol. The Hall–Kier alpha value is -0.710. The Morgan fingerprint density at radius 1 is 1.44 bits per heavy atom. The molecule has 5 heteroatoms. The molecule has 1 unspecified atom stereocenters. The Morgan fingerprint density at radius 3 is 2.78 bits per heavy atom. The molecule has 1 heterocycles. The van der Waals surface area contributed by atoms with Crippen LogP contribution in [0.1, 0.15) is 18.1 Å². The van der Waals surface area contributed by atoms with Gasteiger partial charge in [-0.3, -0.25) is 10.1 Å². The summed E-state index contributed by atoms with van der Waals surface area (Å²) in [5.41, 5.74) is 2.52. The summed E-state index contributed by atoms with van der Waals surface area (Å²) < 4.78 is 0. The fourth-order valence-corrected chi connectivity index (χ4v) is 2.89. The highest BCUT2D eigenvalue weighted by Crippen LogP contribution is 2.11. The van der Waals surface area contributed by atoms with Gasteiger partial charge < -0.3 is 5.32 Å². The summed E-state index contributed by atoms with van der Waals surface area (Å²) in [7, 11) is 0. The van der Waals surface area contributed by atoms with E-state index in [1.807, 2.05) is 12.1 Å². The van der Waals surface area contributed by atoms with Gasteiger partial charge >= 0.3 is 0 Å². The van der Waals surface area contributed by atoms with Crippen molar-refractivity contribution in [1.29, 1.82) is 0 Å². The third-order valence-corrected chi connectivity index (χ3v) is 3.92. The van der Waals surface area contributed by atoms with Crippen LogP contribution in [-0.2, 0) is 17.8 Å². The van der Waals surface area contributed by atoms with Gasteiger partial charge in [0.25, 0.3) is 0 Å². The van der Waals surface area contributed by atoms with E-state index in [-0.39, 0.29) is 24.4 Å². The van der Waals surface area contributed by atoms with Crippen molar-refractivity contribution in [1.82, 2.24) is 10.6 Å². The van der Waals surface area contributed by atoms with Crippen molar-refractivity contribution in [3.8, 4) is 0 Å². The zero-order valence-electron chi connectivity index (χ0n) is 10.4. The van der Waals surface area contributed by atoms with Gasteiger partial charge in [-0.2, -0.15) is 0 Å². The lowest BCUT2D eigenvalue weighted by Gasteiger charge is -2.12. The highest BCUT2D eigenvalue weighted by atomic mass is 35.5. The fourth-order valence-electron chi connectivity index (χ4n) is 1.94. The molecule has 1 aliphatic rings. The lowest BCUT2D eigenvalue weighted by molar-refractivity contribution is -0.122. The van der Waals surface area contributed by atoms with Crippen molar-refractivity contribution < 1.29 is 4.79 Å². The first-order chi connectivity index (χ1) is 8.31. The van der Waals surface area contributed by atoms with Crippen molar-refractivity contribution in [3.63, 3.8) is 0 Å². The van der Waals surface area contributed by atoms with E-state index >= 15 is 0 Å². The molecule has 1 fully saturated rings. The van der Waals surface area contributed by atoms with Crippen molar-refractivity contribution in [3.05, 3.63) is 35.4 Å². The molecule has 1 aromatic rings. The molecule has 2 rings (SSSR count). The molecule has 1 atom stereocenters. The van der Waals surface area contributed by atoms with Gasteiger partial charge in [0.15, 0.2) is 0 Å². The van der Waals surface area contributed by atoms with Crippen LogP contribution in [0.15, 0.2) is 24.3 Å². The van der Waals surface area contributed by atoms with Crippen LogP contribution in [0, 0.1) is 0 Å². The number of hydrogen-bond donors (Lipinski definition) is 2. The predicted octanol–water partition coefficient (Wildman–Crippen LogP) is 1.95. The molecular weight excluding hydrogens is 268 g/mol. The number of carbonyl (C=O) groups excluding carboxylic acids is 1. The van der Waals surface area contributed by atoms with Gasteiger partial charge in [0.2, 0.25) is 5.91 Å². The van der Waals surface area contributed by atoms with Crippen molar-refractivity contribution in [2.45, 2.75) is 25.9 Å². The standard InChI is InChI=1S/C13H18N2OS.ClH/c1-2-10-5-3-4-6-11(10)7-14-13(16)12-8-17-9-15-12;/h3-6,12,15H,2,7-9H2,1H3,(H,14,16);1H. The maximum Gasteiger partial charge on any atom is 0.238 e. The molecule has 0 radical (unpaired) electrons. The first kappa shape index (κ1) is 15.3. The summed E-state index contributed by atoms with van der Waals surface area (Å²) in [6.07, 6.45) is 1.00. The summed E-state index contributed by atoms with van der Waals surface area (Å²) in [4.78, 5) is 11.8. The Kier molecular flexibility index (Phi) is 6.54. The number of carbonyl (C=O) groups is 1. The third-order valence-electron chi connectivity index (χ3n) is 2.99. The van der Waals surface area contributed by atoms with Crippen molar-refractivity contribution >= 4 is 30.1 Å². The molecule has 1 saturated heterocycles.